The summed E-state index contributed by atoms with van der Waals surface area (Å²) in [5, 5.41) is 0. The molecule has 34 heavy (non-hydrogen) atoms. The lowest BCUT2D eigenvalue weighted by Crippen LogP contribution is -2.35. The summed E-state index contributed by atoms with van der Waals surface area (Å²) in [6.45, 7) is 7.17. The molecule has 0 aliphatic carbocycles. The van der Waals surface area contributed by atoms with Gasteiger partial charge in [0, 0.05) is 18.8 Å². The lowest BCUT2D eigenvalue weighted by Gasteiger charge is -2.26. The van der Waals surface area contributed by atoms with Crippen LogP contribution in [0.2, 0.25) is 0 Å². The number of hydrogen-bond acceptors (Lipinski definition) is 7. The number of carbonyl (C=O) groups is 3. The summed E-state index contributed by atoms with van der Waals surface area (Å²) in [5.41, 5.74) is 1.96. The van der Waals surface area contributed by atoms with E-state index in [2.05, 4.69) is 4.98 Å². The predicted molar refractivity (Wildman–Crippen MR) is 125 cm³/mol. The summed E-state index contributed by atoms with van der Waals surface area (Å²) in [5.74, 6) is -1.85. The topological polar surface area (TPSA) is 123 Å². The third kappa shape index (κ3) is 5.23. The Balaban J connectivity index is 1.75. The van der Waals surface area contributed by atoms with Crippen LogP contribution in [0.15, 0.2) is 23.1 Å². The summed E-state index contributed by atoms with van der Waals surface area (Å²) in [4.78, 5) is 40.5. The van der Waals surface area contributed by atoms with Crippen LogP contribution >= 0.6 is 0 Å². The Morgan fingerprint density at radius 3 is 2.32 bits per heavy atom. The standard InChI is InChI=1S/C24H30N2O7S/c1-5-32-24(29)21-16(3)22(25-17(21)4)20(27)14-33-23(28)19-13-18(10-9-15(19)2)34(30,31)26-11-7-6-8-12-26/h9-10,13,25H,5-8,11-12,14H2,1-4H3. The molecule has 0 saturated carbocycles. The first-order chi connectivity index (χ1) is 16.1. The number of ketones is 1. The molecule has 0 radical (unpaired) electrons. The monoisotopic (exact) mass is 490 g/mol. The molecule has 1 aromatic heterocycles. The number of nitrogens with zero attached hydrogens (tertiary/aromatic N) is 1. The van der Waals surface area contributed by atoms with Gasteiger partial charge in [-0.3, -0.25) is 4.79 Å². The van der Waals surface area contributed by atoms with E-state index in [1.165, 1.54) is 16.4 Å². The molecular formula is C24H30N2O7S. The van der Waals surface area contributed by atoms with Gasteiger partial charge in [0.15, 0.2) is 6.61 Å². The van der Waals surface area contributed by atoms with Crippen LogP contribution in [0.5, 0.6) is 0 Å². The normalized spacial score (nSPS) is 14.6. The van der Waals surface area contributed by atoms with E-state index in [4.69, 9.17) is 9.47 Å². The quantitative estimate of drug-likeness (QED) is 0.445. The highest BCUT2D eigenvalue weighted by Crippen LogP contribution is 2.24. The van der Waals surface area contributed by atoms with Crippen LogP contribution in [-0.2, 0) is 19.5 Å². The molecule has 0 bridgehead atoms. The third-order valence-corrected chi connectivity index (χ3v) is 7.81. The van der Waals surface area contributed by atoms with Crippen molar-refractivity contribution >= 4 is 27.7 Å². The van der Waals surface area contributed by atoms with Crippen LogP contribution in [-0.4, -0.2) is 61.7 Å². The van der Waals surface area contributed by atoms with E-state index in [-0.39, 0.29) is 28.3 Å². The molecular weight excluding hydrogens is 460 g/mol. The molecule has 2 aromatic rings. The molecule has 9 nitrogen and oxygen atoms in total. The first kappa shape index (κ1) is 25.6. The van der Waals surface area contributed by atoms with Gasteiger partial charge >= 0.3 is 11.9 Å². The molecule has 1 aromatic carbocycles. The van der Waals surface area contributed by atoms with Crippen molar-refractivity contribution in [2.24, 2.45) is 0 Å². The second kappa shape index (κ2) is 10.5. The van der Waals surface area contributed by atoms with Crippen molar-refractivity contribution in [3.8, 4) is 0 Å². The van der Waals surface area contributed by atoms with Crippen LogP contribution in [0.3, 0.4) is 0 Å². The van der Waals surface area contributed by atoms with E-state index in [1.807, 2.05) is 0 Å². The molecule has 184 valence electrons. The van der Waals surface area contributed by atoms with Gasteiger partial charge in [-0.15, -0.1) is 0 Å². The summed E-state index contributed by atoms with van der Waals surface area (Å²) in [6, 6.07) is 4.33. The van der Waals surface area contributed by atoms with Gasteiger partial charge in [0.05, 0.1) is 28.3 Å². The molecule has 0 amide bonds. The summed E-state index contributed by atoms with van der Waals surface area (Å²) in [6.07, 6.45) is 2.60. The molecule has 1 aliphatic heterocycles. The zero-order valence-corrected chi connectivity index (χ0v) is 20.7. The molecule has 1 saturated heterocycles. The molecule has 1 fully saturated rings. The number of hydrogen-bond donors (Lipinski definition) is 1. The SMILES string of the molecule is CCOC(=O)c1c(C)[nH]c(C(=O)COC(=O)c2cc(S(=O)(=O)N3CCCCC3)ccc2C)c1C. The van der Waals surface area contributed by atoms with E-state index in [1.54, 1.807) is 33.8 Å². The number of Topliss-reactive ketones (excluding diaryl/α,β-unsaturated/α-hetero) is 1. The van der Waals surface area contributed by atoms with E-state index in [0.29, 0.717) is 29.9 Å². The maximum atomic E-state index is 13.0. The summed E-state index contributed by atoms with van der Waals surface area (Å²) >= 11 is 0. The first-order valence-corrected chi connectivity index (χ1v) is 12.7. The number of H-pyrrole nitrogens is 1. The van der Waals surface area contributed by atoms with Gasteiger partial charge in [-0.05, 0) is 63.8 Å². The Morgan fingerprint density at radius 1 is 1.00 bits per heavy atom. The highest BCUT2D eigenvalue weighted by atomic mass is 32.2. The Bertz CT molecular complexity index is 1210. The predicted octanol–water partition coefficient (Wildman–Crippen LogP) is 3.33. The van der Waals surface area contributed by atoms with Gasteiger partial charge in [0.2, 0.25) is 15.8 Å². The minimum atomic E-state index is -3.72. The smallest absolute Gasteiger partial charge is 0.340 e. The van der Waals surface area contributed by atoms with Gasteiger partial charge < -0.3 is 14.5 Å². The zero-order chi connectivity index (χ0) is 25.0. The first-order valence-electron chi connectivity index (χ1n) is 11.2. The second-order valence-electron chi connectivity index (χ2n) is 8.29. The number of sulfonamides is 1. The molecule has 0 atom stereocenters. The number of aryl methyl sites for hydroxylation is 2. The molecule has 0 spiro atoms. The highest BCUT2D eigenvalue weighted by Gasteiger charge is 2.28. The fourth-order valence-electron chi connectivity index (χ4n) is 4.06. The zero-order valence-electron chi connectivity index (χ0n) is 19.9. The molecule has 3 rings (SSSR count). The Hall–Kier alpha value is -2.98. The van der Waals surface area contributed by atoms with Crippen molar-refractivity contribution in [1.82, 2.24) is 9.29 Å². The van der Waals surface area contributed by atoms with Gasteiger partial charge in [0.1, 0.15) is 0 Å². The van der Waals surface area contributed by atoms with Crippen LogP contribution in [0.25, 0.3) is 0 Å². The highest BCUT2D eigenvalue weighted by molar-refractivity contribution is 7.89. The summed E-state index contributed by atoms with van der Waals surface area (Å²) in [7, 11) is -3.72. The number of piperidine rings is 1. The lowest BCUT2D eigenvalue weighted by molar-refractivity contribution is 0.0471. The van der Waals surface area contributed by atoms with Crippen LogP contribution in [0.4, 0.5) is 0 Å². The van der Waals surface area contributed by atoms with Gasteiger partial charge in [-0.25, -0.2) is 18.0 Å². The fraction of sp³-hybridized carbons (Fsp3) is 0.458. The van der Waals surface area contributed by atoms with Crippen molar-refractivity contribution in [2.45, 2.75) is 51.9 Å². The van der Waals surface area contributed by atoms with Crippen molar-refractivity contribution in [3.63, 3.8) is 0 Å². The molecule has 1 N–H and O–H groups in total. The maximum Gasteiger partial charge on any atom is 0.340 e. The van der Waals surface area contributed by atoms with E-state index in [0.717, 1.165) is 19.3 Å². The Morgan fingerprint density at radius 2 is 1.68 bits per heavy atom. The number of esters is 2. The number of aromatic amines is 1. The number of ether oxygens (including phenoxy) is 2. The number of nitrogens with one attached hydrogen (secondary N) is 1. The van der Waals surface area contributed by atoms with Gasteiger partial charge in [-0.2, -0.15) is 4.31 Å². The van der Waals surface area contributed by atoms with Crippen molar-refractivity contribution in [3.05, 3.63) is 51.8 Å². The molecule has 1 aliphatic rings. The van der Waals surface area contributed by atoms with E-state index < -0.39 is 34.4 Å². The summed E-state index contributed by atoms with van der Waals surface area (Å²) < 4.78 is 37.6. The number of rotatable bonds is 8. The van der Waals surface area contributed by atoms with Crippen LogP contribution in [0, 0.1) is 20.8 Å². The average molecular weight is 491 g/mol. The van der Waals surface area contributed by atoms with Crippen LogP contribution in [0.1, 0.15) is 74.2 Å². The van der Waals surface area contributed by atoms with Crippen molar-refractivity contribution in [2.75, 3.05) is 26.3 Å². The average Bonchev–Trinajstić information content (AvgIpc) is 3.12. The number of carbonyl (C=O) groups excluding carboxylic acids is 3. The minimum absolute atomic E-state index is 0.0215. The molecule has 10 heteroatoms. The lowest BCUT2D eigenvalue weighted by atomic mass is 10.1. The second-order valence-corrected chi connectivity index (χ2v) is 10.2. The molecule has 2 heterocycles. The van der Waals surface area contributed by atoms with E-state index in [9.17, 15) is 22.8 Å². The fourth-order valence-corrected chi connectivity index (χ4v) is 5.60. The Labute approximate surface area is 199 Å². The van der Waals surface area contributed by atoms with Crippen molar-refractivity contribution < 1.29 is 32.3 Å². The van der Waals surface area contributed by atoms with Gasteiger partial charge in [-0.1, -0.05) is 12.5 Å². The molecule has 0 unspecified atom stereocenters. The maximum absolute atomic E-state index is 13.0. The largest absolute Gasteiger partial charge is 0.462 e. The Kier molecular flexibility index (Phi) is 7.93. The third-order valence-electron chi connectivity index (χ3n) is 5.91. The van der Waals surface area contributed by atoms with Crippen molar-refractivity contribution in [1.29, 1.82) is 0 Å². The number of aromatic nitrogens is 1. The van der Waals surface area contributed by atoms with Crippen LogP contribution < -0.4 is 0 Å². The number of benzene rings is 1. The minimum Gasteiger partial charge on any atom is -0.462 e. The van der Waals surface area contributed by atoms with Gasteiger partial charge in [0.25, 0.3) is 0 Å². The van der Waals surface area contributed by atoms with E-state index >= 15 is 0 Å².